The molecule has 3 heterocycles. The average Bonchev–Trinajstić information content (AvgIpc) is 3.13. The number of amides is 1. The van der Waals surface area contributed by atoms with E-state index in [-0.39, 0.29) is 18.1 Å². The average molecular weight is 314 g/mol. The molecule has 2 aromatic heterocycles. The van der Waals surface area contributed by atoms with Crippen LogP contribution in [0.2, 0.25) is 0 Å². The van der Waals surface area contributed by atoms with Gasteiger partial charge < -0.3 is 15.8 Å². The van der Waals surface area contributed by atoms with Gasteiger partial charge in [-0.25, -0.2) is 4.52 Å². The topological polar surface area (TPSA) is 81.7 Å². The first-order valence-corrected chi connectivity index (χ1v) is 8.38. The summed E-state index contributed by atoms with van der Waals surface area (Å²) in [6.45, 7) is 0.803. The number of anilines is 1. The molecule has 1 saturated heterocycles. The Labute approximate surface area is 135 Å². The van der Waals surface area contributed by atoms with Crippen molar-refractivity contribution >= 4 is 17.1 Å². The number of hydrogen-bond acceptors (Lipinski definition) is 4. The van der Waals surface area contributed by atoms with Crippen LogP contribution >= 0.6 is 0 Å². The van der Waals surface area contributed by atoms with Crippen LogP contribution in [-0.2, 0) is 4.74 Å². The van der Waals surface area contributed by atoms with E-state index in [0.29, 0.717) is 17.2 Å². The summed E-state index contributed by atoms with van der Waals surface area (Å²) in [5, 5.41) is 7.45. The first kappa shape index (κ1) is 14.5. The molecule has 1 amide bonds. The molecule has 4 rings (SSSR count). The maximum atomic E-state index is 12.8. The number of nitrogen functional groups attached to an aromatic ring is 1. The lowest BCUT2D eigenvalue weighted by Gasteiger charge is -2.37. The number of pyridine rings is 1. The van der Waals surface area contributed by atoms with Gasteiger partial charge in [0.05, 0.1) is 29.4 Å². The summed E-state index contributed by atoms with van der Waals surface area (Å²) in [4.78, 5) is 12.8. The van der Waals surface area contributed by atoms with E-state index in [4.69, 9.17) is 10.5 Å². The van der Waals surface area contributed by atoms with Gasteiger partial charge in [-0.2, -0.15) is 5.10 Å². The Hall–Kier alpha value is -2.08. The molecule has 0 bridgehead atoms. The Kier molecular flexibility index (Phi) is 3.69. The third-order valence-corrected chi connectivity index (χ3v) is 5.11. The number of hydrogen-bond donors (Lipinski definition) is 2. The maximum Gasteiger partial charge on any atom is 0.255 e. The molecule has 1 saturated carbocycles. The van der Waals surface area contributed by atoms with Crippen LogP contribution in [0.3, 0.4) is 0 Å². The van der Waals surface area contributed by atoms with Crippen molar-refractivity contribution in [2.24, 2.45) is 5.92 Å². The summed E-state index contributed by atoms with van der Waals surface area (Å²) in [5.41, 5.74) is 7.77. The van der Waals surface area contributed by atoms with E-state index in [1.807, 2.05) is 0 Å². The molecule has 2 fully saturated rings. The second-order valence-corrected chi connectivity index (χ2v) is 6.59. The van der Waals surface area contributed by atoms with E-state index in [9.17, 15) is 4.79 Å². The predicted octanol–water partition coefficient (Wildman–Crippen LogP) is 1.99. The van der Waals surface area contributed by atoms with Crippen molar-refractivity contribution in [3.8, 4) is 0 Å². The fourth-order valence-electron chi connectivity index (χ4n) is 3.60. The summed E-state index contributed by atoms with van der Waals surface area (Å²) >= 11 is 0. The number of fused-ring (bicyclic) bond motifs is 1. The summed E-state index contributed by atoms with van der Waals surface area (Å²) in [6, 6.07) is 3.66. The van der Waals surface area contributed by atoms with Crippen LogP contribution in [0.4, 0.5) is 5.69 Å². The van der Waals surface area contributed by atoms with E-state index in [0.717, 1.165) is 25.0 Å². The third-order valence-electron chi connectivity index (χ3n) is 5.11. The van der Waals surface area contributed by atoms with Gasteiger partial charge in [0.25, 0.3) is 5.91 Å². The predicted molar refractivity (Wildman–Crippen MR) is 87.2 cm³/mol. The van der Waals surface area contributed by atoms with Gasteiger partial charge >= 0.3 is 0 Å². The number of aromatic nitrogens is 2. The zero-order valence-electron chi connectivity index (χ0n) is 13.1. The maximum absolute atomic E-state index is 12.8. The zero-order chi connectivity index (χ0) is 15.8. The number of ether oxygens (including phenoxy) is 1. The number of nitrogens with zero attached hydrogens (tertiary/aromatic N) is 2. The molecule has 1 aliphatic heterocycles. The van der Waals surface area contributed by atoms with E-state index < -0.39 is 0 Å². The standard InChI is InChI=1S/C17H22N4O2/c18-12-6-7-21-14(9-12)13(10-19-21)17(22)20-16(11-3-1-4-11)15-5-2-8-23-15/h6-7,9-11,15-16H,1-5,8,18H2,(H,20,22). The summed E-state index contributed by atoms with van der Waals surface area (Å²) < 4.78 is 7.52. The number of carbonyl (C=O) groups excluding carboxylic acids is 1. The van der Waals surface area contributed by atoms with Crippen LogP contribution in [-0.4, -0.2) is 34.3 Å². The fourth-order valence-corrected chi connectivity index (χ4v) is 3.60. The molecule has 6 nitrogen and oxygen atoms in total. The summed E-state index contributed by atoms with van der Waals surface area (Å²) in [5.74, 6) is 0.451. The van der Waals surface area contributed by atoms with Crippen molar-refractivity contribution in [3.05, 3.63) is 30.1 Å². The number of nitrogens with one attached hydrogen (secondary N) is 1. The first-order valence-electron chi connectivity index (χ1n) is 8.38. The van der Waals surface area contributed by atoms with Crippen LogP contribution < -0.4 is 11.1 Å². The van der Waals surface area contributed by atoms with Gasteiger partial charge in [0.1, 0.15) is 0 Å². The van der Waals surface area contributed by atoms with Gasteiger partial charge in [-0.3, -0.25) is 4.79 Å². The van der Waals surface area contributed by atoms with E-state index >= 15 is 0 Å². The molecule has 0 radical (unpaired) electrons. The van der Waals surface area contributed by atoms with Gasteiger partial charge in [-0.05, 0) is 43.7 Å². The first-order chi connectivity index (χ1) is 11.2. The number of rotatable bonds is 4. The molecule has 2 unspecified atom stereocenters. The number of nitrogens with two attached hydrogens (primary N) is 1. The van der Waals surface area contributed by atoms with Gasteiger partial charge in [-0.15, -0.1) is 0 Å². The molecule has 23 heavy (non-hydrogen) atoms. The van der Waals surface area contributed by atoms with Crippen molar-refractivity contribution < 1.29 is 9.53 Å². The van der Waals surface area contributed by atoms with Gasteiger partial charge in [0.15, 0.2) is 0 Å². The van der Waals surface area contributed by atoms with Crippen LogP contribution in [0.25, 0.3) is 5.52 Å². The van der Waals surface area contributed by atoms with Gasteiger partial charge in [0.2, 0.25) is 0 Å². The second kappa shape index (κ2) is 5.85. The molecular weight excluding hydrogens is 292 g/mol. The minimum Gasteiger partial charge on any atom is -0.399 e. The van der Waals surface area contributed by atoms with E-state index in [2.05, 4.69) is 10.4 Å². The lowest BCUT2D eigenvalue weighted by atomic mass is 9.77. The number of carbonyl (C=O) groups is 1. The van der Waals surface area contributed by atoms with Crippen molar-refractivity contribution in [1.29, 1.82) is 0 Å². The lowest BCUT2D eigenvalue weighted by molar-refractivity contribution is 0.0370. The van der Waals surface area contributed by atoms with Crippen LogP contribution in [0.5, 0.6) is 0 Å². The third kappa shape index (κ3) is 2.67. The van der Waals surface area contributed by atoms with Crippen molar-refractivity contribution in [2.75, 3.05) is 12.3 Å². The van der Waals surface area contributed by atoms with Crippen molar-refractivity contribution in [2.45, 2.75) is 44.2 Å². The highest BCUT2D eigenvalue weighted by atomic mass is 16.5. The normalized spacial score (nSPS) is 22.9. The molecule has 2 aromatic rings. The van der Waals surface area contributed by atoms with Crippen molar-refractivity contribution in [1.82, 2.24) is 14.9 Å². The molecule has 6 heteroatoms. The second-order valence-electron chi connectivity index (χ2n) is 6.59. The molecule has 3 N–H and O–H groups in total. The molecule has 0 aromatic carbocycles. The Bertz CT molecular complexity index is 716. The van der Waals surface area contributed by atoms with Gasteiger partial charge in [-0.1, -0.05) is 6.42 Å². The molecule has 0 spiro atoms. The summed E-state index contributed by atoms with van der Waals surface area (Å²) in [6.07, 6.45) is 9.23. The van der Waals surface area contributed by atoms with Crippen LogP contribution in [0, 0.1) is 5.92 Å². The Morgan fingerprint density at radius 2 is 2.26 bits per heavy atom. The van der Waals surface area contributed by atoms with E-state index in [1.165, 1.54) is 19.3 Å². The smallest absolute Gasteiger partial charge is 0.255 e. The highest BCUT2D eigenvalue weighted by Crippen LogP contribution is 2.34. The Balaban J connectivity index is 1.57. The highest BCUT2D eigenvalue weighted by molar-refractivity contribution is 6.01. The van der Waals surface area contributed by atoms with Crippen LogP contribution in [0.15, 0.2) is 24.5 Å². The Morgan fingerprint density at radius 3 is 2.96 bits per heavy atom. The SMILES string of the molecule is Nc1ccn2ncc(C(=O)NC(C3CCC3)C3CCCO3)c2c1. The monoisotopic (exact) mass is 314 g/mol. The minimum absolute atomic E-state index is 0.0852. The molecule has 2 atom stereocenters. The van der Waals surface area contributed by atoms with Gasteiger partial charge in [0, 0.05) is 18.5 Å². The molecule has 1 aliphatic carbocycles. The molecule has 2 aliphatic rings. The highest BCUT2D eigenvalue weighted by Gasteiger charge is 2.37. The van der Waals surface area contributed by atoms with Crippen LogP contribution in [0.1, 0.15) is 42.5 Å². The lowest BCUT2D eigenvalue weighted by Crippen LogP contribution is -2.50. The summed E-state index contributed by atoms with van der Waals surface area (Å²) in [7, 11) is 0. The Morgan fingerprint density at radius 1 is 1.39 bits per heavy atom. The van der Waals surface area contributed by atoms with Crippen molar-refractivity contribution in [3.63, 3.8) is 0 Å². The largest absolute Gasteiger partial charge is 0.399 e. The minimum atomic E-state index is -0.0852. The molecule has 122 valence electrons. The zero-order valence-corrected chi connectivity index (χ0v) is 13.1. The molecular formula is C17H22N4O2. The van der Waals surface area contributed by atoms with E-state index in [1.54, 1.807) is 29.0 Å². The fraction of sp³-hybridized carbons (Fsp3) is 0.529. The quantitative estimate of drug-likeness (QED) is 0.904.